The van der Waals surface area contributed by atoms with Gasteiger partial charge in [-0.1, -0.05) is 18.2 Å². The third-order valence-corrected chi connectivity index (χ3v) is 6.63. The van der Waals surface area contributed by atoms with E-state index in [1.807, 2.05) is 0 Å². The van der Waals surface area contributed by atoms with Crippen molar-refractivity contribution in [2.75, 3.05) is 39.6 Å². The first-order chi connectivity index (χ1) is 26.1. The topological polar surface area (TPSA) is 213 Å². The fraction of sp³-hybridized carbons (Fsp3) is 0.333. The van der Waals surface area contributed by atoms with Gasteiger partial charge in [0.25, 0.3) is 0 Å². The Bertz CT molecular complexity index is 1620. The van der Waals surface area contributed by atoms with Gasteiger partial charge in [0.1, 0.15) is 17.2 Å². The molecule has 0 aromatic heterocycles. The van der Waals surface area contributed by atoms with E-state index >= 15 is 0 Å². The molecule has 3 aromatic carbocycles. The number of ether oxygens (including phenoxy) is 6. The maximum absolute atomic E-state index is 12.3. The summed E-state index contributed by atoms with van der Waals surface area (Å²) in [5.74, 6) is -2.48. The van der Waals surface area contributed by atoms with Crippen LogP contribution in [-0.4, -0.2) is 76.0 Å². The highest BCUT2D eigenvalue weighted by Gasteiger charge is 2.21. The Morgan fingerprint density at radius 2 is 0.796 bits per heavy atom. The van der Waals surface area contributed by atoms with Crippen molar-refractivity contribution in [1.82, 2.24) is 0 Å². The van der Waals surface area contributed by atoms with E-state index in [-0.39, 0.29) is 42.7 Å². The SMILES string of the molecule is CCOc1cccc(C(=O)OOC(=O)OCCC(CCOC(=O)OOC(=O)c2cccc(OCC)c2)COC(=O)OOC(=O)c2cccc(OCC)c2)c1. The van der Waals surface area contributed by atoms with E-state index in [2.05, 4.69) is 29.3 Å². The summed E-state index contributed by atoms with van der Waals surface area (Å²) in [7, 11) is 0. The number of benzene rings is 3. The first-order valence-corrected chi connectivity index (χ1v) is 16.5. The van der Waals surface area contributed by atoms with Crippen LogP contribution in [0.2, 0.25) is 0 Å². The standard InChI is InChI=1S/C36H38O18/c1-4-43-28-13-7-10-25(20-28)31(37)49-52-34(40)46-18-16-24(23-48-36(42)54-51-33(39)27-12-9-15-30(22-27)45-6-3)17-19-47-35(41)53-50-32(38)26-11-8-14-29(21-26)44-5-2/h7-15,20-22,24H,4-6,16-19,23H2,1-3H3. The zero-order chi connectivity index (χ0) is 39.1. The summed E-state index contributed by atoms with van der Waals surface area (Å²) in [6, 6.07) is 17.9. The second-order valence-corrected chi connectivity index (χ2v) is 10.4. The fourth-order valence-electron chi connectivity index (χ4n) is 4.19. The summed E-state index contributed by atoms with van der Waals surface area (Å²) in [4.78, 5) is 99.9. The summed E-state index contributed by atoms with van der Waals surface area (Å²) in [6.45, 7) is 5.26. The molecular formula is C36H38O18. The van der Waals surface area contributed by atoms with Crippen molar-refractivity contribution in [2.45, 2.75) is 33.6 Å². The van der Waals surface area contributed by atoms with Gasteiger partial charge in [-0.05, 0) is 94.1 Å². The first kappa shape index (κ1) is 41.7. The number of rotatable bonds is 17. The Hall–Kier alpha value is -6.72. The van der Waals surface area contributed by atoms with Crippen LogP contribution in [0.4, 0.5) is 14.4 Å². The van der Waals surface area contributed by atoms with Crippen LogP contribution >= 0.6 is 0 Å². The van der Waals surface area contributed by atoms with E-state index < -0.39 is 48.9 Å². The van der Waals surface area contributed by atoms with Gasteiger partial charge in [0, 0.05) is 0 Å². The predicted molar refractivity (Wildman–Crippen MR) is 179 cm³/mol. The molecule has 0 unspecified atom stereocenters. The van der Waals surface area contributed by atoms with Gasteiger partial charge in [0.2, 0.25) is 0 Å². The largest absolute Gasteiger partial charge is 0.549 e. The minimum absolute atomic E-state index is 0.0275. The van der Waals surface area contributed by atoms with Crippen LogP contribution in [0.25, 0.3) is 0 Å². The molecule has 0 spiro atoms. The summed E-state index contributed by atoms with van der Waals surface area (Å²) in [5.41, 5.74) is 0.132. The summed E-state index contributed by atoms with van der Waals surface area (Å²) >= 11 is 0. The van der Waals surface area contributed by atoms with Crippen molar-refractivity contribution in [1.29, 1.82) is 0 Å². The van der Waals surface area contributed by atoms with Gasteiger partial charge in [-0.15, -0.1) is 0 Å². The normalized spacial score (nSPS) is 10.2. The zero-order valence-electron chi connectivity index (χ0n) is 29.5. The van der Waals surface area contributed by atoms with E-state index in [0.717, 1.165) is 0 Å². The van der Waals surface area contributed by atoms with Crippen molar-refractivity contribution in [2.24, 2.45) is 5.92 Å². The highest BCUT2D eigenvalue weighted by Crippen LogP contribution is 2.17. The van der Waals surface area contributed by atoms with Crippen molar-refractivity contribution in [3.8, 4) is 17.2 Å². The molecule has 3 rings (SSSR count). The van der Waals surface area contributed by atoms with E-state index in [1.54, 1.807) is 51.1 Å². The van der Waals surface area contributed by atoms with E-state index in [9.17, 15) is 28.8 Å². The van der Waals surface area contributed by atoms with Crippen molar-refractivity contribution in [3.63, 3.8) is 0 Å². The summed E-state index contributed by atoms with van der Waals surface area (Å²) in [6.07, 6.45) is -4.18. The van der Waals surface area contributed by atoms with Crippen LogP contribution in [0.5, 0.6) is 17.2 Å². The van der Waals surface area contributed by atoms with Gasteiger partial charge in [-0.3, -0.25) is 0 Å². The van der Waals surface area contributed by atoms with Crippen LogP contribution < -0.4 is 14.2 Å². The number of carbonyl (C=O) groups excluding carboxylic acids is 6. The number of carbonyl (C=O) groups is 6. The molecule has 0 atom stereocenters. The molecule has 0 amide bonds. The Kier molecular flexibility index (Phi) is 17.7. The van der Waals surface area contributed by atoms with Crippen LogP contribution in [0.15, 0.2) is 72.8 Å². The molecule has 0 aliphatic heterocycles. The quantitative estimate of drug-likeness (QED) is 0.0634. The Labute approximate surface area is 308 Å². The van der Waals surface area contributed by atoms with Crippen LogP contribution in [-0.2, 0) is 43.5 Å². The minimum Gasteiger partial charge on any atom is -0.494 e. The van der Waals surface area contributed by atoms with Gasteiger partial charge < -0.3 is 28.4 Å². The maximum Gasteiger partial charge on any atom is 0.549 e. The molecule has 0 saturated heterocycles. The molecule has 0 saturated carbocycles. The highest BCUT2D eigenvalue weighted by atomic mass is 17.2. The molecule has 54 heavy (non-hydrogen) atoms. The van der Waals surface area contributed by atoms with E-state index in [4.69, 9.17) is 28.4 Å². The average Bonchev–Trinajstić information content (AvgIpc) is 3.17. The molecule has 0 heterocycles. The summed E-state index contributed by atoms with van der Waals surface area (Å²) < 4.78 is 30.8. The lowest BCUT2D eigenvalue weighted by atomic mass is 10.0. The molecule has 0 radical (unpaired) electrons. The third kappa shape index (κ3) is 15.3. The average molecular weight is 759 g/mol. The highest BCUT2D eigenvalue weighted by molar-refractivity contribution is 5.90. The lowest BCUT2D eigenvalue weighted by Gasteiger charge is -2.16. The van der Waals surface area contributed by atoms with Gasteiger partial charge >= 0.3 is 36.4 Å². The van der Waals surface area contributed by atoms with Crippen molar-refractivity contribution < 1.29 is 86.5 Å². The molecule has 0 N–H and O–H groups in total. The molecule has 0 fully saturated rings. The molecule has 0 bridgehead atoms. The molecule has 0 aliphatic carbocycles. The van der Waals surface area contributed by atoms with Crippen molar-refractivity contribution in [3.05, 3.63) is 89.5 Å². The van der Waals surface area contributed by atoms with E-state index in [1.165, 1.54) is 42.5 Å². The van der Waals surface area contributed by atoms with E-state index in [0.29, 0.717) is 37.1 Å². The van der Waals surface area contributed by atoms with Crippen LogP contribution in [0.1, 0.15) is 64.7 Å². The van der Waals surface area contributed by atoms with Crippen molar-refractivity contribution >= 4 is 36.4 Å². The van der Waals surface area contributed by atoms with Crippen LogP contribution in [0.3, 0.4) is 0 Å². The Morgan fingerprint density at radius 1 is 0.463 bits per heavy atom. The second kappa shape index (κ2) is 23.0. The number of hydrogen-bond acceptors (Lipinski definition) is 18. The first-order valence-electron chi connectivity index (χ1n) is 16.5. The Morgan fingerprint density at radius 3 is 1.13 bits per heavy atom. The zero-order valence-corrected chi connectivity index (χ0v) is 29.5. The van der Waals surface area contributed by atoms with Gasteiger partial charge in [0.15, 0.2) is 0 Å². The predicted octanol–water partition coefficient (Wildman–Crippen LogP) is 6.35. The monoisotopic (exact) mass is 758 g/mol. The fourth-order valence-corrected chi connectivity index (χ4v) is 4.19. The van der Waals surface area contributed by atoms with Gasteiger partial charge in [0.05, 0.1) is 56.3 Å². The second-order valence-electron chi connectivity index (χ2n) is 10.4. The van der Waals surface area contributed by atoms with Gasteiger partial charge in [-0.25, -0.2) is 43.7 Å². The molecule has 18 heteroatoms. The molecule has 290 valence electrons. The molecule has 3 aromatic rings. The lowest BCUT2D eigenvalue weighted by molar-refractivity contribution is -0.206. The molecule has 0 aliphatic rings. The van der Waals surface area contributed by atoms with Crippen LogP contribution in [0, 0.1) is 5.92 Å². The smallest absolute Gasteiger partial charge is 0.494 e. The Balaban J connectivity index is 1.48. The lowest BCUT2D eigenvalue weighted by Crippen LogP contribution is -2.21. The summed E-state index contributed by atoms with van der Waals surface area (Å²) in [5, 5.41) is 0. The molecular weight excluding hydrogens is 720 g/mol. The molecule has 18 nitrogen and oxygen atoms in total. The minimum atomic E-state index is -1.39. The maximum atomic E-state index is 12.3. The van der Waals surface area contributed by atoms with Gasteiger partial charge in [-0.2, -0.15) is 14.4 Å². The number of hydrogen-bond donors (Lipinski definition) is 0. The third-order valence-electron chi connectivity index (χ3n) is 6.63.